The minimum atomic E-state index is -1.67. The van der Waals surface area contributed by atoms with Crippen LogP contribution in [0.3, 0.4) is 0 Å². The Morgan fingerprint density at radius 2 is 1.87 bits per heavy atom. The van der Waals surface area contributed by atoms with Gasteiger partial charge in [0.1, 0.15) is 17.5 Å². The lowest BCUT2D eigenvalue weighted by Crippen LogP contribution is -2.65. The maximum Gasteiger partial charge on any atom is 0.302 e. The molecule has 0 aliphatic heterocycles. The van der Waals surface area contributed by atoms with E-state index in [-0.39, 0.29) is 30.6 Å². The molecule has 0 aromatic rings. The molecule has 2 aliphatic carbocycles. The highest BCUT2D eigenvalue weighted by atomic mass is 16.5. The molecule has 0 saturated heterocycles. The van der Waals surface area contributed by atoms with Crippen molar-refractivity contribution in [1.82, 2.24) is 0 Å². The van der Waals surface area contributed by atoms with E-state index in [1.165, 1.54) is 13.8 Å². The van der Waals surface area contributed by atoms with Gasteiger partial charge in [0.05, 0.1) is 18.6 Å². The summed E-state index contributed by atoms with van der Waals surface area (Å²) in [5.41, 5.74) is -1.67. The lowest BCUT2D eigenvalue weighted by Gasteiger charge is -2.53. The molecule has 0 bridgehead atoms. The third-order valence-electron chi connectivity index (χ3n) is 5.64. The van der Waals surface area contributed by atoms with Crippen molar-refractivity contribution in [2.45, 2.75) is 64.3 Å². The quantitative estimate of drug-likeness (QED) is 0.655. The summed E-state index contributed by atoms with van der Waals surface area (Å²) in [6, 6.07) is 0. The number of hydrogen-bond acceptors (Lipinski definition) is 6. The molecule has 0 spiro atoms. The number of esters is 1. The number of fused-ring (bicyclic) bond motifs is 1. The molecule has 0 aromatic heterocycles. The Kier molecular flexibility index (Phi) is 5.48. The Bertz CT molecular complexity index is 460. The lowest BCUT2D eigenvalue weighted by molar-refractivity contribution is -0.217. The van der Waals surface area contributed by atoms with Gasteiger partial charge in [0, 0.05) is 13.3 Å². The smallest absolute Gasteiger partial charge is 0.302 e. The zero-order chi connectivity index (χ0) is 17.4. The maximum atomic E-state index is 12.6. The molecule has 2 rings (SSSR count). The average Bonchev–Trinajstić information content (AvgIpc) is 2.45. The largest absolute Gasteiger partial charge is 0.465 e. The van der Waals surface area contributed by atoms with E-state index in [0.717, 1.165) is 19.3 Å². The van der Waals surface area contributed by atoms with E-state index >= 15 is 0 Å². The van der Waals surface area contributed by atoms with Gasteiger partial charge in [-0.1, -0.05) is 13.3 Å². The Labute approximate surface area is 136 Å². The molecule has 2 aliphatic rings. The molecule has 2 saturated carbocycles. The molecule has 3 N–H and O–H groups in total. The first-order chi connectivity index (χ1) is 10.7. The van der Waals surface area contributed by atoms with Gasteiger partial charge in [0.15, 0.2) is 0 Å². The number of Topliss-reactive ketones (excluding diaryl/α,β-unsaturated/α-hetero) is 1. The van der Waals surface area contributed by atoms with Crippen molar-refractivity contribution in [2.75, 3.05) is 6.61 Å². The van der Waals surface area contributed by atoms with Crippen LogP contribution in [0.4, 0.5) is 0 Å². The average molecular weight is 328 g/mol. The van der Waals surface area contributed by atoms with Gasteiger partial charge in [-0.2, -0.15) is 0 Å². The predicted molar refractivity (Wildman–Crippen MR) is 82.4 cm³/mol. The number of aliphatic hydroxyl groups excluding tert-OH is 2. The van der Waals surface area contributed by atoms with Crippen molar-refractivity contribution < 1.29 is 29.6 Å². The van der Waals surface area contributed by atoms with Crippen LogP contribution in [0.1, 0.15) is 46.5 Å². The van der Waals surface area contributed by atoms with E-state index in [1.807, 2.05) is 0 Å². The zero-order valence-electron chi connectivity index (χ0n) is 14.1. The van der Waals surface area contributed by atoms with Gasteiger partial charge in [0.25, 0.3) is 0 Å². The molecule has 23 heavy (non-hydrogen) atoms. The highest BCUT2D eigenvalue weighted by Gasteiger charge is 2.58. The van der Waals surface area contributed by atoms with E-state index in [2.05, 4.69) is 6.92 Å². The standard InChI is InChI=1S/C17H28O6/c1-9-4-5-11-12(8-9)15(20)16(21)17(3,22)14(11)13(19)6-7-23-10(2)18/h9,11-12,14-16,20-22H,4-8H2,1-3H3. The van der Waals surface area contributed by atoms with E-state index in [1.54, 1.807) is 0 Å². The lowest BCUT2D eigenvalue weighted by atomic mass is 9.55. The fraction of sp³-hybridized carbons (Fsp3) is 0.882. The second kappa shape index (κ2) is 6.87. The highest BCUT2D eigenvalue weighted by molar-refractivity contribution is 5.83. The van der Waals surface area contributed by atoms with Crippen molar-refractivity contribution in [3.05, 3.63) is 0 Å². The minimum absolute atomic E-state index is 0.0159. The first-order valence-corrected chi connectivity index (χ1v) is 8.40. The molecule has 6 heteroatoms. The third-order valence-corrected chi connectivity index (χ3v) is 5.64. The molecular weight excluding hydrogens is 300 g/mol. The number of ether oxygens (including phenoxy) is 1. The first-order valence-electron chi connectivity index (χ1n) is 8.40. The van der Waals surface area contributed by atoms with Crippen LogP contribution in [0.25, 0.3) is 0 Å². The van der Waals surface area contributed by atoms with Crippen LogP contribution in [0.2, 0.25) is 0 Å². The summed E-state index contributed by atoms with van der Waals surface area (Å²) in [7, 11) is 0. The first kappa shape index (κ1) is 18.4. The Morgan fingerprint density at radius 1 is 1.22 bits per heavy atom. The molecule has 7 unspecified atom stereocenters. The van der Waals surface area contributed by atoms with Crippen LogP contribution >= 0.6 is 0 Å². The van der Waals surface area contributed by atoms with Gasteiger partial charge in [0.2, 0.25) is 0 Å². The molecule has 0 aromatic carbocycles. The molecule has 7 atom stereocenters. The summed E-state index contributed by atoms with van der Waals surface area (Å²) >= 11 is 0. The summed E-state index contributed by atoms with van der Waals surface area (Å²) < 4.78 is 4.82. The number of aliphatic hydroxyl groups is 3. The number of rotatable bonds is 4. The monoisotopic (exact) mass is 328 g/mol. The summed E-state index contributed by atoms with van der Waals surface area (Å²) in [6.45, 7) is 4.77. The Morgan fingerprint density at radius 3 is 2.48 bits per heavy atom. The molecule has 0 amide bonds. The van der Waals surface area contributed by atoms with Crippen molar-refractivity contribution in [1.29, 1.82) is 0 Å². The van der Waals surface area contributed by atoms with E-state index < -0.39 is 29.7 Å². The van der Waals surface area contributed by atoms with Crippen molar-refractivity contribution in [3.63, 3.8) is 0 Å². The van der Waals surface area contributed by atoms with Gasteiger partial charge in [-0.15, -0.1) is 0 Å². The summed E-state index contributed by atoms with van der Waals surface area (Å²) in [6.07, 6.45) is 0.0741. The van der Waals surface area contributed by atoms with E-state index in [0.29, 0.717) is 5.92 Å². The fourth-order valence-corrected chi connectivity index (χ4v) is 4.47. The van der Waals surface area contributed by atoms with Gasteiger partial charge in [-0.3, -0.25) is 9.59 Å². The predicted octanol–water partition coefficient (Wildman–Crippen LogP) is 0.664. The van der Waals surface area contributed by atoms with Crippen LogP contribution in [0.15, 0.2) is 0 Å². The van der Waals surface area contributed by atoms with Crippen molar-refractivity contribution >= 4 is 11.8 Å². The van der Waals surface area contributed by atoms with Gasteiger partial charge in [-0.25, -0.2) is 0 Å². The number of carbonyl (C=O) groups excluding carboxylic acids is 2. The van der Waals surface area contributed by atoms with E-state index in [9.17, 15) is 24.9 Å². The molecular formula is C17H28O6. The second-order valence-corrected chi connectivity index (χ2v) is 7.44. The number of ketones is 1. The van der Waals surface area contributed by atoms with Gasteiger partial charge < -0.3 is 20.1 Å². The second-order valence-electron chi connectivity index (χ2n) is 7.44. The molecule has 2 fully saturated rings. The minimum Gasteiger partial charge on any atom is -0.465 e. The topological polar surface area (TPSA) is 104 Å². The van der Waals surface area contributed by atoms with Crippen LogP contribution in [0.5, 0.6) is 0 Å². The Balaban J connectivity index is 2.19. The van der Waals surface area contributed by atoms with Crippen LogP contribution < -0.4 is 0 Å². The SMILES string of the molecule is CC(=O)OCCC(=O)C1C2CCC(C)CC2C(O)C(O)C1(C)O. The van der Waals surface area contributed by atoms with Crippen molar-refractivity contribution in [2.24, 2.45) is 23.7 Å². The third kappa shape index (κ3) is 3.59. The number of carbonyl (C=O) groups is 2. The zero-order valence-corrected chi connectivity index (χ0v) is 14.1. The normalized spacial score (nSPS) is 43.6. The highest BCUT2D eigenvalue weighted by Crippen LogP contribution is 2.50. The summed E-state index contributed by atoms with van der Waals surface area (Å²) in [5, 5.41) is 31.4. The molecule has 0 radical (unpaired) electrons. The maximum absolute atomic E-state index is 12.6. The van der Waals surface area contributed by atoms with Crippen LogP contribution in [0, 0.1) is 23.7 Å². The fourth-order valence-electron chi connectivity index (χ4n) is 4.47. The molecule has 6 nitrogen and oxygen atoms in total. The number of hydrogen-bond donors (Lipinski definition) is 3. The van der Waals surface area contributed by atoms with E-state index in [4.69, 9.17) is 4.74 Å². The van der Waals surface area contributed by atoms with Gasteiger partial charge in [-0.05, 0) is 37.5 Å². The van der Waals surface area contributed by atoms with Crippen LogP contribution in [-0.2, 0) is 14.3 Å². The van der Waals surface area contributed by atoms with Crippen LogP contribution in [-0.4, -0.2) is 51.5 Å². The molecule has 0 heterocycles. The Hall–Kier alpha value is -0.980. The molecule has 132 valence electrons. The van der Waals surface area contributed by atoms with Crippen molar-refractivity contribution in [3.8, 4) is 0 Å². The van der Waals surface area contributed by atoms with Gasteiger partial charge >= 0.3 is 5.97 Å². The summed E-state index contributed by atoms with van der Waals surface area (Å²) in [5.74, 6) is -1.31. The summed E-state index contributed by atoms with van der Waals surface area (Å²) in [4.78, 5) is 23.5.